The molecule has 0 spiro atoms. The number of nitrogens with two attached hydrogens (primary N) is 1. The summed E-state index contributed by atoms with van der Waals surface area (Å²) >= 11 is 0. The van der Waals surface area contributed by atoms with Crippen molar-refractivity contribution in [3.05, 3.63) is 53.6 Å². The van der Waals surface area contributed by atoms with Gasteiger partial charge in [-0.1, -0.05) is 17.3 Å². The first-order valence-corrected chi connectivity index (χ1v) is 6.64. The number of nitrogens with zero attached hydrogens (tertiary/aromatic N) is 1. The number of rotatable bonds is 5. The van der Waals surface area contributed by atoms with Crippen LogP contribution in [0.25, 0.3) is 0 Å². The molecule has 5 nitrogen and oxygen atoms in total. The molecule has 0 bridgehead atoms. The van der Waals surface area contributed by atoms with Gasteiger partial charge in [-0.2, -0.15) is 0 Å². The molecule has 0 unspecified atom stereocenters. The van der Waals surface area contributed by atoms with Gasteiger partial charge in [0.2, 0.25) is 0 Å². The molecule has 21 heavy (non-hydrogen) atoms. The van der Waals surface area contributed by atoms with E-state index in [9.17, 15) is 0 Å². The van der Waals surface area contributed by atoms with E-state index >= 15 is 0 Å². The molecule has 0 saturated carbocycles. The Morgan fingerprint density at radius 1 is 1.14 bits per heavy atom. The second-order valence-corrected chi connectivity index (χ2v) is 4.44. The third kappa shape index (κ3) is 3.45. The standard InChI is InChI=1S/C16H18N2O3/c1-3-20-12-7-9-13(10-8-12)21-15-11(2)5-4-6-14(15)16(17)18-19/h4-10,19H,3H2,1-2H3,(H2,17,18). The molecule has 0 atom stereocenters. The largest absolute Gasteiger partial charge is 0.494 e. The van der Waals surface area contributed by atoms with Crippen LogP contribution in [0.1, 0.15) is 18.1 Å². The highest BCUT2D eigenvalue weighted by atomic mass is 16.5. The van der Waals surface area contributed by atoms with Crippen molar-refractivity contribution in [1.82, 2.24) is 0 Å². The van der Waals surface area contributed by atoms with Crippen molar-refractivity contribution in [3.8, 4) is 17.2 Å². The van der Waals surface area contributed by atoms with Crippen LogP contribution in [0.3, 0.4) is 0 Å². The van der Waals surface area contributed by atoms with Gasteiger partial charge in [0.1, 0.15) is 17.2 Å². The fraction of sp³-hybridized carbons (Fsp3) is 0.188. The molecule has 3 N–H and O–H groups in total. The summed E-state index contributed by atoms with van der Waals surface area (Å²) in [5.41, 5.74) is 7.13. The number of hydrogen-bond acceptors (Lipinski definition) is 4. The highest BCUT2D eigenvalue weighted by molar-refractivity contribution is 6.00. The van der Waals surface area contributed by atoms with E-state index in [1.807, 2.05) is 50.2 Å². The molecule has 2 aromatic carbocycles. The molecule has 0 amide bonds. The summed E-state index contributed by atoms with van der Waals surface area (Å²) in [6, 6.07) is 12.8. The fourth-order valence-electron chi connectivity index (χ4n) is 1.93. The molecule has 0 radical (unpaired) electrons. The predicted molar refractivity (Wildman–Crippen MR) is 81.4 cm³/mol. The first-order valence-electron chi connectivity index (χ1n) is 6.64. The molecule has 110 valence electrons. The van der Waals surface area contributed by atoms with Gasteiger partial charge in [-0.05, 0) is 49.7 Å². The SMILES string of the molecule is CCOc1ccc(Oc2c(C)cccc2/C(N)=N/O)cc1. The summed E-state index contributed by atoms with van der Waals surface area (Å²) in [5, 5.41) is 11.9. The molecule has 0 aliphatic heterocycles. The lowest BCUT2D eigenvalue weighted by molar-refractivity contribution is 0.318. The van der Waals surface area contributed by atoms with E-state index in [4.69, 9.17) is 20.4 Å². The maximum absolute atomic E-state index is 8.86. The molecule has 0 saturated heterocycles. The van der Waals surface area contributed by atoms with Crippen LogP contribution in [-0.2, 0) is 0 Å². The van der Waals surface area contributed by atoms with Gasteiger partial charge in [-0.15, -0.1) is 0 Å². The van der Waals surface area contributed by atoms with Crippen molar-refractivity contribution in [2.24, 2.45) is 10.9 Å². The number of amidine groups is 1. The van der Waals surface area contributed by atoms with Crippen LogP contribution in [0.2, 0.25) is 0 Å². The third-order valence-electron chi connectivity index (χ3n) is 2.95. The van der Waals surface area contributed by atoms with E-state index in [0.29, 0.717) is 23.7 Å². The summed E-state index contributed by atoms with van der Waals surface area (Å²) < 4.78 is 11.3. The topological polar surface area (TPSA) is 77.1 Å². The summed E-state index contributed by atoms with van der Waals surface area (Å²) in [6.45, 7) is 4.45. The lowest BCUT2D eigenvalue weighted by atomic mass is 10.1. The summed E-state index contributed by atoms with van der Waals surface area (Å²) in [5.74, 6) is 2.02. The van der Waals surface area contributed by atoms with Gasteiger partial charge >= 0.3 is 0 Å². The zero-order valence-electron chi connectivity index (χ0n) is 12.0. The number of oxime groups is 1. The first kappa shape index (κ1) is 14.7. The van der Waals surface area contributed by atoms with Gasteiger partial charge < -0.3 is 20.4 Å². The number of ether oxygens (including phenoxy) is 2. The minimum atomic E-state index is 0.0136. The number of aryl methyl sites for hydroxylation is 1. The van der Waals surface area contributed by atoms with Crippen LogP contribution in [0.15, 0.2) is 47.6 Å². The molecule has 0 heterocycles. The molecule has 0 aromatic heterocycles. The Labute approximate surface area is 123 Å². The molecule has 0 aliphatic rings. The molecule has 2 rings (SSSR count). The highest BCUT2D eigenvalue weighted by Gasteiger charge is 2.12. The van der Waals surface area contributed by atoms with Crippen LogP contribution in [0, 0.1) is 6.92 Å². The van der Waals surface area contributed by atoms with Crippen LogP contribution < -0.4 is 15.2 Å². The van der Waals surface area contributed by atoms with Crippen molar-refractivity contribution >= 4 is 5.84 Å². The Balaban J connectivity index is 2.30. The number of para-hydroxylation sites is 1. The molecular weight excluding hydrogens is 268 g/mol. The molecular formula is C16H18N2O3. The van der Waals surface area contributed by atoms with E-state index in [-0.39, 0.29) is 5.84 Å². The highest BCUT2D eigenvalue weighted by Crippen LogP contribution is 2.30. The first-order chi connectivity index (χ1) is 10.2. The molecule has 2 aromatic rings. The summed E-state index contributed by atoms with van der Waals surface area (Å²) in [6.07, 6.45) is 0. The van der Waals surface area contributed by atoms with Gasteiger partial charge in [0.15, 0.2) is 5.84 Å². The van der Waals surface area contributed by atoms with Crippen molar-refractivity contribution < 1.29 is 14.7 Å². The zero-order valence-corrected chi connectivity index (χ0v) is 12.0. The van der Waals surface area contributed by atoms with Crippen molar-refractivity contribution in [2.45, 2.75) is 13.8 Å². The summed E-state index contributed by atoms with van der Waals surface area (Å²) in [7, 11) is 0. The Kier molecular flexibility index (Phi) is 4.66. The fourth-order valence-corrected chi connectivity index (χ4v) is 1.93. The van der Waals surface area contributed by atoms with E-state index in [1.165, 1.54) is 0 Å². The van der Waals surface area contributed by atoms with Gasteiger partial charge in [-0.25, -0.2) is 0 Å². The Morgan fingerprint density at radius 2 is 1.81 bits per heavy atom. The van der Waals surface area contributed by atoms with E-state index in [0.717, 1.165) is 11.3 Å². The normalized spacial score (nSPS) is 11.2. The van der Waals surface area contributed by atoms with E-state index < -0.39 is 0 Å². The zero-order chi connectivity index (χ0) is 15.2. The average molecular weight is 286 g/mol. The second kappa shape index (κ2) is 6.65. The summed E-state index contributed by atoms with van der Waals surface area (Å²) in [4.78, 5) is 0. The van der Waals surface area contributed by atoms with Gasteiger partial charge in [0, 0.05) is 0 Å². The lowest BCUT2D eigenvalue weighted by Gasteiger charge is -2.13. The van der Waals surface area contributed by atoms with Gasteiger partial charge in [0.05, 0.1) is 12.2 Å². The maximum atomic E-state index is 8.86. The van der Waals surface area contributed by atoms with Crippen molar-refractivity contribution in [3.63, 3.8) is 0 Å². The smallest absolute Gasteiger partial charge is 0.173 e. The van der Waals surface area contributed by atoms with Gasteiger partial charge in [-0.3, -0.25) is 0 Å². The molecule has 0 aliphatic carbocycles. The van der Waals surface area contributed by atoms with Crippen LogP contribution in [-0.4, -0.2) is 17.6 Å². The number of benzene rings is 2. The maximum Gasteiger partial charge on any atom is 0.173 e. The Hall–Kier alpha value is -2.69. The molecule has 0 fully saturated rings. The lowest BCUT2D eigenvalue weighted by Crippen LogP contribution is -2.14. The molecule has 5 heteroatoms. The van der Waals surface area contributed by atoms with Crippen LogP contribution in [0.5, 0.6) is 17.2 Å². The number of hydrogen-bond donors (Lipinski definition) is 2. The third-order valence-corrected chi connectivity index (χ3v) is 2.95. The van der Waals surface area contributed by atoms with Crippen LogP contribution >= 0.6 is 0 Å². The second-order valence-electron chi connectivity index (χ2n) is 4.44. The van der Waals surface area contributed by atoms with E-state index in [1.54, 1.807) is 6.07 Å². The predicted octanol–water partition coefficient (Wildman–Crippen LogP) is 3.28. The monoisotopic (exact) mass is 286 g/mol. The van der Waals surface area contributed by atoms with Crippen molar-refractivity contribution in [2.75, 3.05) is 6.61 Å². The van der Waals surface area contributed by atoms with E-state index in [2.05, 4.69) is 5.16 Å². The quantitative estimate of drug-likeness (QED) is 0.383. The van der Waals surface area contributed by atoms with Gasteiger partial charge in [0.25, 0.3) is 0 Å². The minimum Gasteiger partial charge on any atom is -0.494 e. The Morgan fingerprint density at radius 3 is 2.43 bits per heavy atom. The van der Waals surface area contributed by atoms with Crippen LogP contribution in [0.4, 0.5) is 0 Å². The Bertz CT molecular complexity index is 636. The average Bonchev–Trinajstić information content (AvgIpc) is 2.50. The van der Waals surface area contributed by atoms with Crippen molar-refractivity contribution in [1.29, 1.82) is 0 Å². The minimum absolute atomic E-state index is 0.0136.